The van der Waals surface area contributed by atoms with Gasteiger partial charge in [0.15, 0.2) is 5.58 Å². The molecule has 32 heavy (non-hydrogen) atoms. The Morgan fingerprint density at radius 2 is 1.78 bits per heavy atom. The molecule has 0 aliphatic carbocycles. The number of nitrogens with one attached hydrogen (secondary N) is 2. The van der Waals surface area contributed by atoms with E-state index in [9.17, 15) is 0 Å². The van der Waals surface area contributed by atoms with Crippen LogP contribution in [0.3, 0.4) is 0 Å². The zero-order chi connectivity index (χ0) is 22.3. The van der Waals surface area contributed by atoms with Crippen LogP contribution in [0.15, 0.2) is 82.6 Å². The Morgan fingerprint density at radius 3 is 2.56 bits per heavy atom. The second-order valence-corrected chi connectivity index (χ2v) is 8.13. The number of hydrogen-bond acceptors (Lipinski definition) is 5. The molecule has 5 aromatic rings. The number of H-pyrrole nitrogens is 1. The molecule has 0 amide bonds. The molecule has 5 rings (SSSR count). The van der Waals surface area contributed by atoms with Gasteiger partial charge in [-0.05, 0) is 35.9 Å². The molecular weight excluding hydrogens is 400 g/mol. The van der Waals surface area contributed by atoms with E-state index in [1.54, 1.807) is 12.4 Å². The first-order chi connectivity index (χ1) is 15.4. The Balaban J connectivity index is 1.55. The van der Waals surface area contributed by atoms with Crippen LogP contribution >= 0.6 is 0 Å². The molecule has 2 aromatic carbocycles. The number of nitrogens with zero attached hydrogens (tertiary/aromatic N) is 3. The van der Waals surface area contributed by atoms with Crippen LogP contribution in [-0.2, 0) is 5.41 Å². The molecule has 158 valence electrons. The van der Waals surface area contributed by atoms with Crippen molar-refractivity contribution in [3.63, 3.8) is 0 Å². The Hall–Kier alpha value is -4.26. The highest BCUT2D eigenvalue weighted by Gasteiger charge is 2.29. The van der Waals surface area contributed by atoms with Crippen LogP contribution in [0.25, 0.3) is 22.0 Å². The molecule has 0 saturated heterocycles. The van der Waals surface area contributed by atoms with Crippen molar-refractivity contribution in [2.75, 3.05) is 0 Å². The van der Waals surface area contributed by atoms with Crippen molar-refractivity contribution in [2.45, 2.75) is 19.3 Å². The summed E-state index contributed by atoms with van der Waals surface area (Å²) in [5.74, 6) is 0.243. The minimum atomic E-state index is -0.545. The van der Waals surface area contributed by atoms with Gasteiger partial charge in [0, 0.05) is 51.7 Å². The first kappa shape index (κ1) is 19.7. The lowest BCUT2D eigenvalue weighted by Gasteiger charge is -2.27. The molecule has 3 aromatic heterocycles. The zero-order valence-electron chi connectivity index (χ0n) is 17.8. The number of oxazole rings is 1. The molecule has 4 N–H and O–H groups in total. The number of hydrogen-bond donors (Lipinski definition) is 3. The van der Waals surface area contributed by atoms with E-state index >= 15 is 0 Å². The molecular formula is C25H22N6O. The number of rotatable bonds is 5. The number of fused-ring (bicyclic) bond motifs is 3. The molecule has 0 radical (unpaired) electrons. The maximum atomic E-state index is 8.97. The highest BCUT2D eigenvalue weighted by Crippen LogP contribution is 2.30. The fourth-order valence-electron chi connectivity index (χ4n) is 3.90. The van der Waals surface area contributed by atoms with Gasteiger partial charge in [-0.2, -0.15) is 9.98 Å². The molecule has 0 aliphatic heterocycles. The van der Waals surface area contributed by atoms with Crippen LogP contribution in [-0.4, -0.2) is 26.5 Å². The SMILES string of the molecule is CC(C)(C(=N)c1ccccc1/C(N)=N/c1nc2c(ccc3[nH]ccc32)o1)c1ccncc1. The third kappa shape index (κ3) is 3.24. The average Bonchev–Trinajstić information content (AvgIpc) is 3.45. The van der Waals surface area contributed by atoms with Gasteiger partial charge in [0.05, 0.1) is 0 Å². The Morgan fingerprint density at radius 1 is 1.03 bits per heavy atom. The van der Waals surface area contributed by atoms with E-state index in [1.165, 1.54) is 0 Å². The van der Waals surface area contributed by atoms with Crippen LogP contribution in [0.4, 0.5) is 6.01 Å². The number of aromatic amines is 1. The maximum Gasteiger partial charge on any atom is 0.324 e. The Labute approximate surface area is 184 Å². The molecule has 3 heterocycles. The molecule has 0 atom stereocenters. The smallest absolute Gasteiger partial charge is 0.324 e. The molecule has 0 fully saturated rings. The summed E-state index contributed by atoms with van der Waals surface area (Å²) in [6.45, 7) is 4.02. The van der Waals surface area contributed by atoms with Crippen LogP contribution in [0.1, 0.15) is 30.5 Å². The van der Waals surface area contributed by atoms with Crippen molar-refractivity contribution in [1.29, 1.82) is 5.41 Å². The van der Waals surface area contributed by atoms with E-state index in [2.05, 4.69) is 19.9 Å². The lowest BCUT2D eigenvalue weighted by molar-refractivity contribution is 0.613. The van der Waals surface area contributed by atoms with Gasteiger partial charge in [-0.3, -0.25) is 4.98 Å². The van der Waals surface area contributed by atoms with Crippen LogP contribution in [0, 0.1) is 5.41 Å². The molecule has 0 saturated carbocycles. The quantitative estimate of drug-likeness (QED) is 0.270. The summed E-state index contributed by atoms with van der Waals surface area (Å²) < 4.78 is 5.82. The van der Waals surface area contributed by atoms with Gasteiger partial charge in [0.2, 0.25) is 0 Å². The first-order valence-corrected chi connectivity index (χ1v) is 10.3. The second kappa shape index (κ2) is 7.46. The minimum Gasteiger partial charge on any atom is -0.422 e. The summed E-state index contributed by atoms with van der Waals surface area (Å²) in [6, 6.07) is 17.3. The highest BCUT2D eigenvalue weighted by molar-refractivity contribution is 6.14. The fourth-order valence-corrected chi connectivity index (χ4v) is 3.90. The molecule has 0 unspecified atom stereocenters. The van der Waals surface area contributed by atoms with E-state index in [0.717, 1.165) is 22.0 Å². The summed E-state index contributed by atoms with van der Waals surface area (Å²) >= 11 is 0. The van der Waals surface area contributed by atoms with Gasteiger partial charge in [-0.25, -0.2) is 0 Å². The summed E-state index contributed by atoms with van der Waals surface area (Å²) in [6.07, 6.45) is 5.34. The third-order valence-electron chi connectivity index (χ3n) is 5.79. The Kier molecular flexibility index (Phi) is 4.59. The van der Waals surface area contributed by atoms with Crippen molar-refractivity contribution in [2.24, 2.45) is 10.7 Å². The number of amidine groups is 1. The average molecular weight is 422 g/mol. The zero-order valence-corrected chi connectivity index (χ0v) is 17.8. The van der Waals surface area contributed by atoms with Crippen LogP contribution < -0.4 is 5.73 Å². The standard InChI is InChI=1S/C25H22N6O/c1-25(2,15-9-12-28-13-10-15)22(26)16-5-3-4-6-17(16)23(27)31-24-30-21-18-11-14-29-19(18)7-8-20(21)32-24/h3-14,26,29H,1-2H3,(H2,27,30,31). The predicted molar refractivity (Wildman–Crippen MR) is 127 cm³/mol. The lowest BCUT2D eigenvalue weighted by atomic mass is 9.76. The van der Waals surface area contributed by atoms with Crippen molar-refractivity contribution in [3.8, 4) is 0 Å². The normalized spacial score (nSPS) is 12.5. The lowest BCUT2D eigenvalue weighted by Crippen LogP contribution is -2.31. The molecule has 7 nitrogen and oxygen atoms in total. The number of nitrogens with two attached hydrogens (primary N) is 1. The van der Waals surface area contributed by atoms with Crippen LogP contribution in [0.2, 0.25) is 0 Å². The minimum absolute atomic E-state index is 0.181. The topological polar surface area (TPSA) is 117 Å². The van der Waals surface area contributed by atoms with Gasteiger partial charge in [0.1, 0.15) is 11.4 Å². The number of pyridine rings is 1. The fraction of sp³-hybridized carbons (Fsp3) is 0.120. The van der Waals surface area contributed by atoms with Gasteiger partial charge in [0.25, 0.3) is 0 Å². The van der Waals surface area contributed by atoms with E-state index in [4.69, 9.17) is 15.6 Å². The molecule has 7 heteroatoms. The van der Waals surface area contributed by atoms with E-state index in [0.29, 0.717) is 22.4 Å². The largest absolute Gasteiger partial charge is 0.422 e. The summed E-state index contributed by atoms with van der Waals surface area (Å²) in [5, 5.41) is 9.94. The predicted octanol–water partition coefficient (Wildman–Crippen LogP) is 5.09. The third-order valence-corrected chi connectivity index (χ3v) is 5.79. The van der Waals surface area contributed by atoms with Gasteiger partial charge < -0.3 is 20.5 Å². The van der Waals surface area contributed by atoms with Crippen molar-refractivity contribution < 1.29 is 4.42 Å². The highest BCUT2D eigenvalue weighted by atomic mass is 16.4. The number of benzene rings is 2. The van der Waals surface area contributed by atoms with Crippen molar-refractivity contribution in [3.05, 3.63) is 89.9 Å². The van der Waals surface area contributed by atoms with Crippen molar-refractivity contribution in [1.82, 2.24) is 15.0 Å². The summed E-state index contributed by atoms with van der Waals surface area (Å²) in [7, 11) is 0. The first-order valence-electron chi connectivity index (χ1n) is 10.3. The Bertz CT molecular complexity index is 1480. The summed E-state index contributed by atoms with van der Waals surface area (Å²) in [5.41, 5.74) is 11.0. The van der Waals surface area contributed by atoms with Gasteiger partial charge in [-0.1, -0.05) is 38.1 Å². The molecule has 0 aliphatic rings. The molecule has 0 bridgehead atoms. The van der Waals surface area contributed by atoms with Crippen molar-refractivity contribution >= 4 is 39.6 Å². The van der Waals surface area contributed by atoms with Gasteiger partial charge >= 0.3 is 6.01 Å². The number of aromatic nitrogens is 3. The van der Waals surface area contributed by atoms with E-state index in [-0.39, 0.29) is 11.9 Å². The summed E-state index contributed by atoms with van der Waals surface area (Å²) in [4.78, 5) is 16.2. The monoisotopic (exact) mass is 422 g/mol. The molecule has 0 spiro atoms. The second-order valence-electron chi connectivity index (χ2n) is 8.13. The van der Waals surface area contributed by atoms with E-state index < -0.39 is 5.41 Å². The maximum absolute atomic E-state index is 8.97. The van der Waals surface area contributed by atoms with Gasteiger partial charge in [-0.15, -0.1) is 0 Å². The van der Waals surface area contributed by atoms with Crippen LogP contribution in [0.5, 0.6) is 0 Å². The number of aliphatic imine (C=N–C) groups is 1. The van der Waals surface area contributed by atoms with E-state index in [1.807, 2.05) is 74.6 Å².